The van der Waals surface area contributed by atoms with Gasteiger partial charge in [0, 0.05) is 23.0 Å². The Balaban J connectivity index is 1.25. The highest BCUT2D eigenvalue weighted by Gasteiger charge is 2.12. The molecular formula is C42H30S2. The van der Waals surface area contributed by atoms with Gasteiger partial charge in [0.1, 0.15) is 0 Å². The molecule has 4 aliphatic heterocycles. The third-order valence-corrected chi connectivity index (χ3v) is 11.4. The quantitative estimate of drug-likeness (QED) is 0.159. The summed E-state index contributed by atoms with van der Waals surface area (Å²) in [6, 6.07) is 50.9. The Morgan fingerprint density at radius 1 is 0.295 bits per heavy atom. The molecule has 8 aromatic rings. The van der Waals surface area contributed by atoms with Crippen LogP contribution in [0.2, 0.25) is 0 Å². The molecule has 12 bridgehead atoms. The van der Waals surface area contributed by atoms with Crippen LogP contribution >= 0.6 is 23.5 Å². The van der Waals surface area contributed by atoms with Crippen molar-refractivity contribution in [2.24, 2.45) is 0 Å². The van der Waals surface area contributed by atoms with E-state index in [9.17, 15) is 0 Å². The normalized spacial score (nSPS) is 13.8. The molecule has 0 nitrogen and oxygen atoms in total. The van der Waals surface area contributed by atoms with Crippen molar-refractivity contribution in [3.63, 3.8) is 0 Å². The summed E-state index contributed by atoms with van der Waals surface area (Å²) in [4.78, 5) is 0. The Morgan fingerprint density at radius 3 is 1.09 bits per heavy atom. The molecule has 0 N–H and O–H groups in total. The molecule has 210 valence electrons. The van der Waals surface area contributed by atoms with Crippen LogP contribution in [0.25, 0.3) is 65.0 Å². The lowest BCUT2D eigenvalue weighted by Crippen LogP contribution is -1.89. The number of rotatable bonds is 0. The van der Waals surface area contributed by atoms with Gasteiger partial charge in [-0.25, -0.2) is 0 Å². The zero-order valence-electron chi connectivity index (χ0n) is 24.3. The second-order valence-electron chi connectivity index (χ2n) is 12.0. The average molecular weight is 599 g/mol. The Bertz CT molecular complexity index is 2200. The van der Waals surface area contributed by atoms with E-state index in [4.69, 9.17) is 0 Å². The van der Waals surface area contributed by atoms with Crippen molar-refractivity contribution in [3.05, 3.63) is 156 Å². The molecule has 2 heteroatoms. The smallest absolute Gasteiger partial charge is 0.0188 e. The fraction of sp³-hybridized carbons (Fsp3) is 0.0952. The third kappa shape index (κ3) is 4.56. The van der Waals surface area contributed by atoms with Crippen LogP contribution in [0.15, 0.2) is 133 Å². The van der Waals surface area contributed by atoms with Gasteiger partial charge in [-0.1, -0.05) is 121 Å². The molecule has 12 rings (SSSR count). The summed E-state index contributed by atoms with van der Waals surface area (Å²) in [5.74, 6) is 4.01. The van der Waals surface area contributed by atoms with Crippen LogP contribution in [0.1, 0.15) is 22.3 Å². The van der Waals surface area contributed by atoms with Gasteiger partial charge in [0.15, 0.2) is 0 Å². The van der Waals surface area contributed by atoms with Crippen molar-refractivity contribution in [2.45, 2.75) is 23.0 Å². The van der Waals surface area contributed by atoms with E-state index >= 15 is 0 Å². The molecule has 0 saturated heterocycles. The minimum Gasteiger partial charge on any atom is -0.152 e. The first-order chi connectivity index (χ1) is 21.8. The van der Waals surface area contributed by atoms with E-state index in [0.29, 0.717) is 0 Å². The zero-order valence-corrected chi connectivity index (χ0v) is 26.0. The van der Waals surface area contributed by atoms with Gasteiger partial charge in [0.2, 0.25) is 0 Å². The first-order valence-corrected chi connectivity index (χ1v) is 17.6. The second-order valence-corrected chi connectivity index (χ2v) is 14.0. The molecule has 0 spiro atoms. The van der Waals surface area contributed by atoms with Crippen LogP contribution in [0.3, 0.4) is 0 Å². The zero-order chi connectivity index (χ0) is 29.0. The van der Waals surface area contributed by atoms with Gasteiger partial charge in [-0.2, -0.15) is 23.5 Å². The van der Waals surface area contributed by atoms with Gasteiger partial charge in [-0.15, -0.1) is 0 Å². The Kier molecular flexibility index (Phi) is 6.39. The minimum absolute atomic E-state index is 0.995. The predicted molar refractivity (Wildman–Crippen MR) is 196 cm³/mol. The number of benzene rings is 8. The summed E-state index contributed by atoms with van der Waals surface area (Å²) in [5.41, 5.74) is 8.08. The summed E-state index contributed by atoms with van der Waals surface area (Å²) in [6.45, 7) is 0. The van der Waals surface area contributed by atoms with Gasteiger partial charge in [0.05, 0.1) is 0 Å². The molecular weight excluding hydrogens is 569 g/mol. The van der Waals surface area contributed by atoms with E-state index in [2.05, 4.69) is 133 Å². The van der Waals surface area contributed by atoms with Crippen LogP contribution in [0, 0.1) is 0 Å². The maximum Gasteiger partial charge on any atom is 0.0188 e. The molecule has 4 heterocycles. The Hall–Kier alpha value is -4.24. The van der Waals surface area contributed by atoms with Crippen molar-refractivity contribution in [1.29, 1.82) is 0 Å². The van der Waals surface area contributed by atoms with Crippen LogP contribution in [0.4, 0.5) is 0 Å². The summed E-state index contributed by atoms with van der Waals surface area (Å²) in [5, 5.41) is 13.4. The molecule has 8 aromatic carbocycles. The molecule has 0 fully saturated rings. The summed E-state index contributed by atoms with van der Waals surface area (Å²) in [7, 11) is 0. The van der Waals surface area contributed by atoms with Crippen molar-refractivity contribution in [2.75, 3.05) is 0 Å². The first kappa shape index (κ1) is 26.2. The monoisotopic (exact) mass is 598 g/mol. The third-order valence-electron chi connectivity index (χ3n) is 9.24. The first-order valence-electron chi connectivity index (χ1n) is 15.3. The van der Waals surface area contributed by atoms with E-state index in [0.717, 1.165) is 23.0 Å². The summed E-state index contributed by atoms with van der Waals surface area (Å²) >= 11 is 3.98. The molecule has 44 heavy (non-hydrogen) atoms. The van der Waals surface area contributed by atoms with Gasteiger partial charge in [0.25, 0.3) is 0 Å². The standard InChI is InChI=1S/C42H30S2/c1-7-31-8-2-27(1)23-43-25-29-5-11-33-13-15-35-17-20-38-37(41(35)39(33)21-29)19-18-36-16-14-34-12-6-30(22-40(34)42(36)38)26-44-24-28-3-9-32(31)10-4-28/h1-22H,23-26H2. The van der Waals surface area contributed by atoms with Crippen molar-refractivity contribution >= 4 is 77.4 Å². The molecule has 0 atom stereocenters. The van der Waals surface area contributed by atoms with Crippen LogP contribution in [-0.4, -0.2) is 0 Å². The van der Waals surface area contributed by atoms with E-state index in [1.807, 2.05) is 23.5 Å². The Labute approximate surface area is 266 Å². The molecule has 0 radical (unpaired) electrons. The van der Waals surface area contributed by atoms with Crippen molar-refractivity contribution in [1.82, 2.24) is 0 Å². The van der Waals surface area contributed by atoms with E-state index in [1.54, 1.807) is 0 Å². The largest absolute Gasteiger partial charge is 0.152 e. The van der Waals surface area contributed by atoms with Crippen molar-refractivity contribution < 1.29 is 0 Å². The summed E-state index contributed by atoms with van der Waals surface area (Å²) in [6.07, 6.45) is 0. The lowest BCUT2D eigenvalue weighted by Gasteiger charge is -2.14. The topological polar surface area (TPSA) is 0 Å². The van der Waals surface area contributed by atoms with E-state index in [-0.39, 0.29) is 0 Å². The fourth-order valence-corrected chi connectivity index (χ4v) is 8.84. The number of hydrogen-bond acceptors (Lipinski definition) is 2. The van der Waals surface area contributed by atoms with Crippen LogP contribution < -0.4 is 0 Å². The highest BCUT2D eigenvalue weighted by molar-refractivity contribution is 7.97. The number of thioether (sulfide) groups is 2. The lowest BCUT2D eigenvalue weighted by atomic mass is 9.91. The molecule has 0 amide bonds. The minimum atomic E-state index is 0.995. The predicted octanol–water partition coefficient (Wildman–Crippen LogP) is 12.3. The fourth-order valence-electron chi connectivity index (χ4n) is 6.95. The molecule has 0 aliphatic carbocycles. The maximum atomic E-state index is 2.44. The van der Waals surface area contributed by atoms with Crippen molar-refractivity contribution in [3.8, 4) is 11.1 Å². The highest BCUT2D eigenvalue weighted by Crippen LogP contribution is 2.39. The Morgan fingerprint density at radius 2 is 0.636 bits per heavy atom. The highest BCUT2D eigenvalue weighted by atomic mass is 32.2. The molecule has 0 unspecified atom stereocenters. The summed E-state index contributed by atoms with van der Waals surface area (Å²) < 4.78 is 0. The lowest BCUT2D eigenvalue weighted by molar-refractivity contribution is 1.36. The van der Waals surface area contributed by atoms with E-state index in [1.165, 1.54) is 87.2 Å². The average Bonchev–Trinajstić information content (AvgIpc) is 3.07. The second kappa shape index (κ2) is 10.7. The van der Waals surface area contributed by atoms with Crippen LogP contribution in [-0.2, 0) is 23.0 Å². The number of hydrogen-bond donors (Lipinski definition) is 0. The molecule has 0 aromatic heterocycles. The van der Waals surface area contributed by atoms with Crippen LogP contribution in [0.5, 0.6) is 0 Å². The molecule has 0 saturated carbocycles. The van der Waals surface area contributed by atoms with Gasteiger partial charge in [-0.05, 0) is 99.4 Å². The SMILES string of the molecule is c1cc2ccc1CSCc1ccc3ccc4ccc5c(ccc6ccc7ccc(cc7c65)CSCc5ccc-2cc5)c4c3c1. The maximum absolute atomic E-state index is 2.44. The molecule has 4 aliphatic rings. The van der Waals surface area contributed by atoms with Gasteiger partial charge in [-0.3, -0.25) is 0 Å². The van der Waals surface area contributed by atoms with E-state index < -0.39 is 0 Å². The van der Waals surface area contributed by atoms with Gasteiger partial charge < -0.3 is 0 Å². The van der Waals surface area contributed by atoms with Gasteiger partial charge >= 0.3 is 0 Å².